The van der Waals surface area contributed by atoms with Crippen molar-refractivity contribution in [3.05, 3.63) is 17.7 Å². The van der Waals surface area contributed by atoms with Gasteiger partial charge in [-0.25, -0.2) is 4.98 Å². The summed E-state index contributed by atoms with van der Waals surface area (Å²) in [5.41, 5.74) is 2.51. The summed E-state index contributed by atoms with van der Waals surface area (Å²) >= 11 is 0. The lowest BCUT2D eigenvalue weighted by molar-refractivity contribution is -0.143. The number of hydrogen-bond acceptors (Lipinski definition) is 4. The molecule has 1 aliphatic carbocycles. The topological polar surface area (TPSA) is 50.6 Å². The third-order valence-electron chi connectivity index (χ3n) is 5.99. The van der Waals surface area contributed by atoms with Crippen LogP contribution in [-0.4, -0.2) is 65.2 Å². The highest BCUT2D eigenvalue weighted by Gasteiger charge is 2.40. The quantitative estimate of drug-likeness (QED) is 0.834. The van der Waals surface area contributed by atoms with Crippen LogP contribution in [0.2, 0.25) is 0 Å². The van der Waals surface area contributed by atoms with Gasteiger partial charge in [-0.1, -0.05) is 6.92 Å². The van der Waals surface area contributed by atoms with E-state index in [1.54, 1.807) is 7.11 Å². The smallest absolute Gasteiger partial charge is 0.225 e. The second-order valence-electron chi connectivity index (χ2n) is 7.62. The van der Waals surface area contributed by atoms with Gasteiger partial charge in [0.2, 0.25) is 5.91 Å². The summed E-state index contributed by atoms with van der Waals surface area (Å²) < 4.78 is 7.43. The van der Waals surface area contributed by atoms with Crippen LogP contribution in [0.15, 0.2) is 6.33 Å². The normalized spacial score (nSPS) is 29.8. The maximum Gasteiger partial charge on any atom is 0.225 e. The Bertz CT molecular complexity index is 608. The SMILES string of the molecule is COCCn1cnc2c1CCN1CCN(C(=O)C3CC(C)C3)CC21. The molecular weight excluding hydrogens is 304 g/mol. The minimum Gasteiger partial charge on any atom is -0.383 e. The zero-order valence-corrected chi connectivity index (χ0v) is 14.8. The molecule has 0 spiro atoms. The number of amides is 1. The number of rotatable bonds is 4. The third-order valence-corrected chi connectivity index (χ3v) is 5.99. The van der Waals surface area contributed by atoms with Crippen LogP contribution in [0.25, 0.3) is 0 Å². The van der Waals surface area contributed by atoms with E-state index >= 15 is 0 Å². The zero-order chi connectivity index (χ0) is 16.7. The largest absolute Gasteiger partial charge is 0.383 e. The molecule has 0 radical (unpaired) electrons. The maximum absolute atomic E-state index is 12.7. The number of carbonyl (C=O) groups is 1. The predicted octanol–water partition coefficient (Wildman–Crippen LogP) is 1.32. The highest BCUT2D eigenvalue weighted by atomic mass is 16.5. The first-order valence-corrected chi connectivity index (χ1v) is 9.23. The molecular formula is C18H28N4O2. The molecule has 1 saturated heterocycles. The van der Waals surface area contributed by atoms with Crippen LogP contribution in [-0.2, 0) is 22.5 Å². The standard InChI is InChI=1S/C18H28N4O2/c1-13-9-14(10-13)18(23)21-6-5-20-4-3-15-17(16(20)11-21)19-12-22(15)7-8-24-2/h12-14,16H,3-11H2,1-2H3. The van der Waals surface area contributed by atoms with Crippen molar-refractivity contribution in [2.24, 2.45) is 11.8 Å². The molecule has 6 nitrogen and oxygen atoms in total. The summed E-state index contributed by atoms with van der Waals surface area (Å²) in [5.74, 6) is 1.37. The Hall–Kier alpha value is -1.40. The lowest BCUT2D eigenvalue weighted by Gasteiger charge is -2.45. The van der Waals surface area contributed by atoms with Gasteiger partial charge in [-0.05, 0) is 18.8 Å². The molecule has 1 atom stereocenters. The fourth-order valence-corrected chi connectivity index (χ4v) is 4.52. The summed E-state index contributed by atoms with van der Waals surface area (Å²) in [6.07, 6.45) is 5.13. The van der Waals surface area contributed by atoms with Crippen LogP contribution < -0.4 is 0 Å². The van der Waals surface area contributed by atoms with E-state index in [2.05, 4.69) is 21.3 Å². The number of hydrogen-bond donors (Lipinski definition) is 0. The van der Waals surface area contributed by atoms with Crippen LogP contribution in [0.3, 0.4) is 0 Å². The van der Waals surface area contributed by atoms with Crippen molar-refractivity contribution in [1.29, 1.82) is 0 Å². The van der Waals surface area contributed by atoms with Gasteiger partial charge in [-0.2, -0.15) is 0 Å². The van der Waals surface area contributed by atoms with Crippen LogP contribution in [0.4, 0.5) is 0 Å². The molecule has 4 rings (SSSR count). The molecule has 1 saturated carbocycles. The van der Waals surface area contributed by atoms with E-state index < -0.39 is 0 Å². The summed E-state index contributed by atoms with van der Waals surface area (Å²) in [6.45, 7) is 7.53. The first-order valence-electron chi connectivity index (χ1n) is 9.23. The van der Waals surface area contributed by atoms with Gasteiger partial charge >= 0.3 is 0 Å². The van der Waals surface area contributed by atoms with Gasteiger partial charge < -0.3 is 14.2 Å². The molecule has 0 aromatic carbocycles. The minimum absolute atomic E-state index is 0.271. The summed E-state index contributed by atoms with van der Waals surface area (Å²) in [6, 6.07) is 0.271. The molecule has 0 N–H and O–H groups in total. The van der Waals surface area contributed by atoms with Crippen molar-refractivity contribution in [2.75, 3.05) is 39.9 Å². The van der Waals surface area contributed by atoms with Gasteiger partial charge in [0.25, 0.3) is 0 Å². The van der Waals surface area contributed by atoms with E-state index in [0.29, 0.717) is 12.5 Å². The number of aromatic nitrogens is 2. The Morgan fingerprint density at radius 3 is 2.92 bits per heavy atom. The van der Waals surface area contributed by atoms with Crippen molar-refractivity contribution < 1.29 is 9.53 Å². The molecule has 132 valence electrons. The summed E-state index contributed by atoms with van der Waals surface area (Å²) in [4.78, 5) is 22.0. The van der Waals surface area contributed by atoms with Crippen LogP contribution in [0.1, 0.15) is 37.2 Å². The molecule has 2 aliphatic heterocycles. The average molecular weight is 332 g/mol. The average Bonchev–Trinajstić information content (AvgIpc) is 2.99. The van der Waals surface area contributed by atoms with Gasteiger partial charge in [0, 0.05) is 57.9 Å². The van der Waals surface area contributed by atoms with E-state index in [4.69, 9.17) is 9.72 Å². The van der Waals surface area contributed by atoms with Gasteiger partial charge in [-0.15, -0.1) is 0 Å². The number of piperazine rings is 1. The third kappa shape index (κ3) is 2.75. The van der Waals surface area contributed by atoms with Crippen LogP contribution >= 0.6 is 0 Å². The molecule has 3 heterocycles. The predicted molar refractivity (Wildman–Crippen MR) is 90.6 cm³/mol. The highest BCUT2D eigenvalue weighted by Crippen LogP contribution is 2.37. The van der Waals surface area contributed by atoms with Crippen LogP contribution in [0, 0.1) is 11.8 Å². The van der Waals surface area contributed by atoms with Gasteiger partial charge in [0.15, 0.2) is 0 Å². The van der Waals surface area contributed by atoms with E-state index in [1.165, 1.54) is 11.4 Å². The Morgan fingerprint density at radius 1 is 1.33 bits per heavy atom. The number of imidazole rings is 1. The minimum atomic E-state index is 0.271. The second kappa shape index (κ2) is 6.48. The molecule has 1 aromatic heterocycles. The number of methoxy groups -OCH3 is 1. The highest BCUT2D eigenvalue weighted by molar-refractivity contribution is 5.80. The Labute approximate surface area is 143 Å². The molecule has 2 fully saturated rings. The van der Waals surface area contributed by atoms with E-state index in [-0.39, 0.29) is 12.0 Å². The van der Waals surface area contributed by atoms with E-state index in [1.807, 2.05) is 6.33 Å². The fourth-order valence-electron chi connectivity index (χ4n) is 4.52. The number of ether oxygens (including phenoxy) is 1. The van der Waals surface area contributed by atoms with E-state index in [0.717, 1.165) is 57.9 Å². The van der Waals surface area contributed by atoms with Crippen molar-refractivity contribution in [1.82, 2.24) is 19.4 Å². The second-order valence-corrected chi connectivity index (χ2v) is 7.62. The van der Waals surface area contributed by atoms with Crippen molar-refractivity contribution in [2.45, 2.75) is 38.8 Å². The molecule has 1 aromatic rings. The Morgan fingerprint density at radius 2 is 2.17 bits per heavy atom. The summed E-state index contributed by atoms with van der Waals surface area (Å²) in [7, 11) is 1.73. The maximum atomic E-state index is 12.7. The molecule has 1 amide bonds. The van der Waals surface area contributed by atoms with Crippen LogP contribution in [0.5, 0.6) is 0 Å². The molecule has 0 bridgehead atoms. The van der Waals surface area contributed by atoms with Crippen molar-refractivity contribution >= 4 is 5.91 Å². The first kappa shape index (κ1) is 16.1. The molecule has 1 unspecified atom stereocenters. The Balaban J connectivity index is 1.48. The molecule has 3 aliphatic rings. The van der Waals surface area contributed by atoms with Crippen molar-refractivity contribution in [3.8, 4) is 0 Å². The lowest BCUT2D eigenvalue weighted by atomic mass is 9.75. The zero-order valence-electron chi connectivity index (χ0n) is 14.8. The monoisotopic (exact) mass is 332 g/mol. The van der Waals surface area contributed by atoms with Gasteiger partial charge in [0.1, 0.15) is 0 Å². The van der Waals surface area contributed by atoms with Crippen molar-refractivity contribution in [3.63, 3.8) is 0 Å². The Kier molecular flexibility index (Phi) is 4.35. The summed E-state index contributed by atoms with van der Waals surface area (Å²) in [5, 5.41) is 0. The molecule has 24 heavy (non-hydrogen) atoms. The lowest BCUT2D eigenvalue weighted by Crippen LogP contribution is -2.54. The number of carbonyl (C=O) groups excluding carboxylic acids is 1. The number of fused-ring (bicyclic) bond motifs is 3. The first-order chi connectivity index (χ1) is 11.7. The van der Waals surface area contributed by atoms with E-state index in [9.17, 15) is 4.79 Å². The molecule has 6 heteroatoms. The number of nitrogens with zero attached hydrogens (tertiary/aromatic N) is 4. The van der Waals surface area contributed by atoms with Gasteiger partial charge in [0.05, 0.1) is 24.7 Å². The fraction of sp³-hybridized carbons (Fsp3) is 0.778. The van der Waals surface area contributed by atoms with Gasteiger partial charge in [-0.3, -0.25) is 9.69 Å².